The summed E-state index contributed by atoms with van der Waals surface area (Å²) in [6, 6.07) is 19.1. The number of pyridine rings is 1. The topological polar surface area (TPSA) is 36.2 Å². The van der Waals surface area contributed by atoms with Crippen LogP contribution in [0.1, 0.15) is 39.3 Å². The first kappa shape index (κ1) is 23.6. The third-order valence-corrected chi connectivity index (χ3v) is 6.44. The third kappa shape index (κ3) is 5.06. The van der Waals surface area contributed by atoms with Gasteiger partial charge >= 0.3 is 0 Å². The maximum Gasteiger partial charge on any atom is 0.221 e. The first-order chi connectivity index (χ1) is 14.6. The molecular weight excluding hydrogens is 517 g/mol. The number of hydrogen-bond donors (Lipinski definition) is 1. The molecule has 4 rings (SSSR count). The summed E-state index contributed by atoms with van der Waals surface area (Å²) in [5, 5.41) is 5.39. The fourth-order valence-electron chi connectivity index (χ4n) is 3.92. The lowest BCUT2D eigenvalue weighted by Crippen LogP contribution is -3.00. The van der Waals surface area contributed by atoms with E-state index in [9.17, 15) is 4.79 Å². The summed E-state index contributed by atoms with van der Waals surface area (Å²) in [5.41, 5.74) is 4.52. The molecule has 0 bridgehead atoms. The summed E-state index contributed by atoms with van der Waals surface area (Å²) in [4.78, 5) is 15.1. The minimum Gasteiger partial charge on any atom is -1.00 e. The Morgan fingerprint density at radius 2 is 1.94 bits per heavy atom. The Hall–Kier alpha value is -2.06. The predicted octanol–water partition coefficient (Wildman–Crippen LogP) is 2.82. The standard InChI is InChI=1S/C25H27N3OS.HI/c1-4-6-15-28-23-14-12-20(26-18(3)29)16-24(23)30-25(28)17-21-13-11-19-9-7-8-10-22(19)27(21)5-2;/h7-14,16-17H,4-6,15H2,1-3H3;1H. The van der Waals surface area contributed by atoms with Gasteiger partial charge in [-0.2, -0.15) is 4.57 Å². The molecule has 3 aromatic rings. The number of fused-ring (bicyclic) bond motifs is 2. The molecule has 0 fully saturated rings. The Balaban J connectivity index is 0.00000272. The van der Waals surface area contributed by atoms with Gasteiger partial charge in [0.25, 0.3) is 0 Å². The molecule has 2 aromatic carbocycles. The van der Waals surface area contributed by atoms with Gasteiger partial charge in [-0.1, -0.05) is 37.2 Å². The first-order valence-corrected chi connectivity index (χ1v) is 11.4. The fourth-order valence-corrected chi connectivity index (χ4v) is 5.10. The van der Waals surface area contributed by atoms with E-state index in [-0.39, 0.29) is 29.9 Å². The number of thioether (sulfide) groups is 1. The number of hydrogen-bond acceptors (Lipinski definition) is 3. The number of carbonyl (C=O) groups is 1. The zero-order valence-electron chi connectivity index (χ0n) is 18.2. The average molecular weight is 545 g/mol. The maximum atomic E-state index is 11.5. The number of rotatable bonds is 6. The first-order valence-electron chi connectivity index (χ1n) is 10.6. The van der Waals surface area contributed by atoms with E-state index < -0.39 is 0 Å². The van der Waals surface area contributed by atoms with Crippen molar-refractivity contribution < 1.29 is 33.3 Å². The van der Waals surface area contributed by atoms with E-state index in [1.165, 1.54) is 32.2 Å². The van der Waals surface area contributed by atoms with Crippen molar-refractivity contribution in [2.45, 2.75) is 45.1 Å². The molecule has 162 valence electrons. The Morgan fingerprint density at radius 3 is 2.68 bits per heavy atom. The highest BCUT2D eigenvalue weighted by molar-refractivity contribution is 8.03. The van der Waals surface area contributed by atoms with Gasteiger partial charge in [0.15, 0.2) is 0 Å². The monoisotopic (exact) mass is 545 g/mol. The molecule has 4 nitrogen and oxygen atoms in total. The van der Waals surface area contributed by atoms with Crippen molar-refractivity contribution in [2.75, 3.05) is 16.8 Å². The van der Waals surface area contributed by atoms with Crippen molar-refractivity contribution in [1.82, 2.24) is 0 Å². The molecule has 0 unspecified atom stereocenters. The lowest BCUT2D eigenvalue weighted by atomic mass is 10.2. The number of halogens is 1. The van der Waals surface area contributed by atoms with Crippen LogP contribution in [0.15, 0.2) is 64.5 Å². The highest BCUT2D eigenvalue weighted by atomic mass is 127. The number of unbranched alkanes of at least 4 members (excludes halogenated alkanes) is 1. The normalized spacial score (nSPS) is 13.9. The van der Waals surface area contributed by atoms with Gasteiger partial charge in [-0.3, -0.25) is 4.79 Å². The second-order valence-electron chi connectivity index (χ2n) is 7.51. The molecule has 31 heavy (non-hydrogen) atoms. The Bertz CT molecular complexity index is 1130. The summed E-state index contributed by atoms with van der Waals surface area (Å²) >= 11 is 1.78. The number of benzene rings is 2. The zero-order chi connectivity index (χ0) is 21.1. The highest BCUT2D eigenvalue weighted by Crippen LogP contribution is 2.47. The maximum absolute atomic E-state index is 11.5. The number of aromatic nitrogens is 1. The van der Waals surface area contributed by atoms with Gasteiger partial charge in [-0.15, -0.1) is 0 Å². The molecule has 0 spiro atoms. The quantitative estimate of drug-likeness (QED) is 0.383. The minimum absolute atomic E-state index is 0. The number of anilines is 2. The summed E-state index contributed by atoms with van der Waals surface area (Å²) in [6.45, 7) is 7.87. The molecule has 0 atom stereocenters. The van der Waals surface area contributed by atoms with Crippen molar-refractivity contribution in [1.29, 1.82) is 0 Å². The summed E-state index contributed by atoms with van der Waals surface area (Å²) in [5.74, 6) is -0.0447. The van der Waals surface area contributed by atoms with Gasteiger partial charge in [0.2, 0.25) is 17.1 Å². The molecule has 1 N–H and O–H groups in total. The van der Waals surface area contributed by atoms with E-state index in [1.807, 2.05) is 6.07 Å². The second kappa shape index (κ2) is 10.5. The summed E-state index contributed by atoms with van der Waals surface area (Å²) in [7, 11) is 0. The number of aryl methyl sites for hydroxylation is 1. The molecular formula is C25H28IN3OS. The third-order valence-electron chi connectivity index (χ3n) is 5.35. The van der Waals surface area contributed by atoms with Crippen LogP contribution in [0, 0.1) is 0 Å². The molecule has 0 aliphatic carbocycles. The molecule has 0 radical (unpaired) electrons. The van der Waals surface area contributed by atoms with E-state index in [2.05, 4.69) is 83.2 Å². The van der Waals surface area contributed by atoms with Crippen molar-refractivity contribution in [3.05, 3.63) is 65.3 Å². The van der Waals surface area contributed by atoms with Gasteiger partial charge in [0, 0.05) is 47.6 Å². The number of nitrogens with one attached hydrogen (secondary N) is 1. The van der Waals surface area contributed by atoms with E-state index in [4.69, 9.17) is 0 Å². The molecule has 1 aliphatic heterocycles. The van der Waals surface area contributed by atoms with Gasteiger partial charge in [0.05, 0.1) is 10.7 Å². The Labute approximate surface area is 205 Å². The van der Waals surface area contributed by atoms with Crippen LogP contribution in [-0.4, -0.2) is 12.5 Å². The van der Waals surface area contributed by atoms with Crippen LogP contribution in [0.4, 0.5) is 11.4 Å². The second-order valence-corrected chi connectivity index (χ2v) is 8.58. The Morgan fingerprint density at radius 1 is 1.13 bits per heavy atom. The van der Waals surface area contributed by atoms with Crippen LogP contribution in [-0.2, 0) is 11.3 Å². The largest absolute Gasteiger partial charge is 1.00 e. The van der Waals surface area contributed by atoms with Crippen molar-refractivity contribution in [3.63, 3.8) is 0 Å². The summed E-state index contributed by atoms with van der Waals surface area (Å²) < 4.78 is 2.37. The number of nitrogens with zero attached hydrogens (tertiary/aromatic N) is 2. The van der Waals surface area contributed by atoms with Crippen LogP contribution in [0.25, 0.3) is 17.0 Å². The number of para-hydroxylation sites is 1. The van der Waals surface area contributed by atoms with Gasteiger partial charge in [0.1, 0.15) is 6.54 Å². The lowest BCUT2D eigenvalue weighted by molar-refractivity contribution is -0.669. The van der Waals surface area contributed by atoms with Crippen molar-refractivity contribution in [3.8, 4) is 0 Å². The fraction of sp³-hybridized carbons (Fsp3) is 0.280. The van der Waals surface area contributed by atoms with Crippen LogP contribution in [0.3, 0.4) is 0 Å². The van der Waals surface area contributed by atoms with E-state index in [0.29, 0.717) is 0 Å². The van der Waals surface area contributed by atoms with Gasteiger partial charge in [-0.05, 0) is 43.7 Å². The van der Waals surface area contributed by atoms with E-state index >= 15 is 0 Å². The minimum atomic E-state index is -0.0447. The SMILES string of the molecule is CCCCN1/C(=C/c2ccc3ccccc3[n+]2CC)Sc2cc(NC(C)=O)ccc21.[I-]. The summed E-state index contributed by atoms with van der Waals surface area (Å²) in [6.07, 6.45) is 4.59. The van der Waals surface area contributed by atoms with Crippen molar-refractivity contribution in [2.24, 2.45) is 0 Å². The van der Waals surface area contributed by atoms with Gasteiger partial charge in [-0.25, -0.2) is 0 Å². The van der Waals surface area contributed by atoms with E-state index in [1.54, 1.807) is 18.7 Å². The Kier molecular flexibility index (Phi) is 8.00. The molecule has 1 amide bonds. The van der Waals surface area contributed by atoms with Crippen LogP contribution in [0.5, 0.6) is 0 Å². The molecule has 6 heteroatoms. The number of amides is 1. The molecule has 0 saturated carbocycles. The van der Waals surface area contributed by atoms with Crippen LogP contribution in [0.2, 0.25) is 0 Å². The molecule has 0 saturated heterocycles. The van der Waals surface area contributed by atoms with Crippen LogP contribution >= 0.6 is 11.8 Å². The average Bonchev–Trinajstić information content (AvgIpc) is 3.07. The molecule has 1 aromatic heterocycles. The van der Waals surface area contributed by atoms with Crippen molar-refractivity contribution >= 4 is 46.0 Å². The molecule has 2 heterocycles. The smallest absolute Gasteiger partial charge is 0.221 e. The predicted molar refractivity (Wildman–Crippen MR) is 127 cm³/mol. The number of carbonyl (C=O) groups excluding carboxylic acids is 1. The van der Waals surface area contributed by atoms with Gasteiger partial charge < -0.3 is 34.2 Å². The highest BCUT2D eigenvalue weighted by Gasteiger charge is 2.26. The van der Waals surface area contributed by atoms with Crippen LogP contribution < -0.4 is 38.8 Å². The molecule has 1 aliphatic rings. The zero-order valence-corrected chi connectivity index (χ0v) is 21.2. The van der Waals surface area contributed by atoms with E-state index in [0.717, 1.165) is 31.6 Å². The lowest BCUT2D eigenvalue weighted by Gasteiger charge is -2.20.